The highest BCUT2D eigenvalue weighted by molar-refractivity contribution is 7.13. The summed E-state index contributed by atoms with van der Waals surface area (Å²) in [5.74, 6) is -0.106. The molecule has 8 nitrogen and oxygen atoms in total. The number of hydrogen-bond donors (Lipinski definition) is 1. The van der Waals surface area contributed by atoms with E-state index in [1.54, 1.807) is 24.4 Å². The molecule has 0 aliphatic carbocycles. The minimum atomic E-state index is -0.430. The van der Waals surface area contributed by atoms with E-state index in [1.807, 2.05) is 0 Å². The number of benzene rings is 1. The maximum Gasteiger partial charge on any atom is 0.311 e. The Kier molecular flexibility index (Phi) is 7.10. The molecule has 26 heavy (non-hydrogen) atoms. The highest BCUT2D eigenvalue weighted by Crippen LogP contribution is 2.27. The van der Waals surface area contributed by atoms with Gasteiger partial charge in [0.25, 0.3) is 5.91 Å². The zero-order chi connectivity index (χ0) is 18.9. The van der Waals surface area contributed by atoms with Crippen LogP contribution in [-0.4, -0.2) is 43.5 Å². The van der Waals surface area contributed by atoms with Gasteiger partial charge in [0, 0.05) is 10.9 Å². The van der Waals surface area contributed by atoms with Gasteiger partial charge in [0.1, 0.15) is 6.29 Å². The molecular formula is C17H18N2O6S. The Labute approximate surface area is 154 Å². The highest BCUT2D eigenvalue weighted by Gasteiger charge is 2.12. The molecule has 0 atom stereocenters. The predicted octanol–water partition coefficient (Wildman–Crippen LogP) is 2.09. The summed E-state index contributed by atoms with van der Waals surface area (Å²) in [6.45, 7) is 1.74. The van der Waals surface area contributed by atoms with Crippen molar-refractivity contribution in [3.63, 3.8) is 0 Å². The third-order valence-electron chi connectivity index (χ3n) is 3.11. The van der Waals surface area contributed by atoms with Crippen molar-refractivity contribution in [2.45, 2.75) is 13.3 Å². The lowest BCUT2D eigenvalue weighted by Crippen LogP contribution is -2.20. The Balaban J connectivity index is 1.90. The molecule has 0 fully saturated rings. The fourth-order valence-electron chi connectivity index (χ4n) is 1.98. The SMILES string of the molecule is CCOC(=O)Cc1csc(NC(=O)COc2cc(C=O)ccc2OC)n1. The molecule has 1 aromatic heterocycles. The van der Waals surface area contributed by atoms with Gasteiger partial charge >= 0.3 is 5.97 Å². The van der Waals surface area contributed by atoms with Crippen molar-refractivity contribution in [1.82, 2.24) is 4.98 Å². The summed E-state index contributed by atoms with van der Waals surface area (Å²) < 4.78 is 15.4. The average Bonchev–Trinajstić information content (AvgIpc) is 3.06. The van der Waals surface area contributed by atoms with Crippen LogP contribution in [0, 0.1) is 0 Å². The Bertz CT molecular complexity index is 789. The minimum absolute atomic E-state index is 0.0480. The van der Waals surface area contributed by atoms with Gasteiger partial charge in [0.2, 0.25) is 0 Å². The van der Waals surface area contributed by atoms with Crippen molar-refractivity contribution in [2.75, 3.05) is 25.6 Å². The third kappa shape index (κ3) is 5.55. The lowest BCUT2D eigenvalue weighted by Gasteiger charge is -2.10. The van der Waals surface area contributed by atoms with Crippen LogP contribution in [0.3, 0.4) is 0 Å². The number of esters is 1. The molecule has 0 saturated carbocycles. The Morgan fingerprint density at radius 1 is 1.31 bits per heavy atom. The monoisotopic (exact) mass is 378 g/mol. The quantitative estimate of drug-likeness (QED) is 0.526. The molecule has 9 heteroatoms. The summed E-state index contributed by atoms with van der Waals surface area (Å²) in [6, 6.07) is 4.65. The van der Waals surface area contributed by atoms with Gasteiger partial charge < -0.3 is 14.2 Å². The number of nitrogens with zero attached hydrogens (tertiary/aromatic N) is 1. The molecule has 0 unspecified atom stereocenters. The summed E-state index contributed by atoms with van der Waals surface area (Å²) in [7, 11) is 1.46. The first-order chi connectivity index (χ1) is 12.5. The fourth-order valence-corrected chi connectivity index (χ4v) is 2.71. The van der Waals surface area contributed by atoms with Gasteiger partial charge in [-0.15, -0.1) is 11.3 Å². The van der Waals surface area contributed by atoms with E-state index in [1.165, 1.54) is 24.5 Å². The zero-order valence-corrected chi connectivity index (χ0v) is 15.1. The van der Waals surface area contributed by atoms with Crippen LogP contribution in [0.4, 0.5) is 5.13 Å². The van der Waals surface area contributed by atoms with Crippen molar-refractivity contribution in [3.8, 4) is 11.5 Å². The number of methoxy groups -OCH3 is 1. The van der Waals surface area contributed by atoms with Crippen molar-refractivity contribution >= 4 is 34.6 Å². The lowest BCUT2D eigenvalue weighted by molar-refractivity contribution is -0.142. The second-order valence-electron chi connectivity index (χ2n) is 4.99. The average molecular weight is 378 g/mol. The Hall–Kier alpha value is -2.94. The van der Waals surface area contributed by atoms with Crippen LogP contribution in [0.2, 0.25) is 0 Å². The zero-order valence-electron chi connectivity index (χ0n) is 14.3. The van der Waals surface area contributed by atoms with Gasteiger partial charge in [-0.2, -0.15) is 0 Å². The summed E-state index contributed by atoms with van der Waals surface area (Å²) in [4.78, 5) is 38.4. The molecule has 0 bridgehead atoms. The smallest absolute Gasteiger partial charge is 0.311 e. The molecule has 0 spiro atoms. The number of carbonyl (C=O) groups excluding carboxylic acids is 3. The van der Waals surface area contributed by atoms with E-state index in [9.17, 15) is 14.4 Å². The van der Waals surface area contributed by atoms with Gasteiger partial charge in [0.05, 0.1) is 25.8 Å². The van der Waals surface area contributed by atoms with E-state index in [0.717, 1.165) is 0 Å². The van der Waals surface area contributed by atoms with Gasteiger partial charge in [-0.25, -0.2) is 4.98 Å². The molecule has 1 N–H and O–H groups in total. The molecular weight excluding hydrogens is 360 g/mol. The molecule has 0 saturated heterocycles. The number of aromatic nitrogens is 1. The summed E-state index contributed by atoms with van der Waals surface area (Å²) in [6.07, 6.45) is 0.722. The largest absolute Gasteiger partial charge is 0.493 e. The number of rotatable bonds is 9. The molecule has 0 aliphatic heterocycles. The van der Waals surface area contributed by atoms with Crippen LogP contribution in [0.1, 0.15) is 23.0 Å². The van der Waals surface area contributed by atoms with E-state index in [-0.39, 0.29) is 24.7 Å². The first-order valence-corrected chi connectivity index (χ1v) is 8.59. The number of thiazole rings is 1. The normalized spacial score (nSPS) is 10.1. The summed E-state index contributed by atoms with van der Waals surface area (Å²) >= 11 is 1.20. The third-order valence-corrected chi connectivity index (χ3v) is 3.92. The molecule has 2 aromatic rings. The van der Waals surface area contributed by atoms with Gasteiger partial charge in [-0.3, -0.25) is 19.7 Å². The van der Waals surface area contributed by atoms with Gasteiger partial charge in [-0.05, 0) is 25.1 Å². The molecule has 1 heterocycles. The lowest BCUT2D eigenvalue weighted by atomic mass is 10.2. The number of hydrogen-bond acceptors (Lipinski definition) is 8. The molecule has 1 amide bonds. The first kappa shape index (κ1) is 19.4. The molecule has 138 valence electrons. The summed E-state index contributed by atoms with van der Waals surface area (Å²) in [5.41, 5.74) is 0.926. The molecule has 1 aromatic carbocycles. The molecule has 0 radical (unpaired) electrons. The number of carbonyl (C=O) groups is 3. The number of nitrogens with one attached hydrogen (secondary N) is 1. The number of anilines is 1. The van der Waals surface area contributed by atoms with Crippen molar-refractivity contribution in [3.05, 3.63) is 34.8 Å². The van der Waals surface area contributed by atoms with E-state index < -0.39 is 5.91 Å². The van der Waals surface area contributed by atoms with Crippen LogP contribution in [-0.2, 0) is 20.7 Å². The van der Waals surface area contributed by atoms with Crippen LogP contribution in [0.25, 0.3) is 0 Å². The maximum atomic E-state index is 12.0. The van der Waals surface area contributed by atoms with E-state index in [0.29, 0.717) is 35.0 Å². The number of ether oxygens (including phenoxy) is 3. The molecule has 2 rings (SSSR count). The first-order valence-electron chi connectivity index (χ1n) is 7.71. The second-order valence-corrected chi connectivity index (χ2v) is 5.85. The van der Waals surface area contributed by atoms with E-state index in [4.69, 9.17) is 14.2 Å². The number of aldehydes is 1. The van der Waals surface area contributed by atoms with Gasteiger partial charge in [0.15, 0.2) is 23.2 Å². The second kappa shape index (κ2) is 9.52. The van der Waals surface area contributed by atoms with Crippen LogP contribution < -0.4 is 14.8 Å². The van der Waals surface area contributed by atoms with Crippen molar-refractivity contribution in [1.29, 1.82) is 0 Å². The van der Waals surface area contributed by atoms with Gasteiger partial charge in [-0.1, -0.05) is 0 Å². The van der Waals surface area contributed by atoms with Crippen molar-refractivity contribution < 1.29 is 28.6 Å². The molecule has 0 aliphatic rings. The topological polar surface area (TPSA) is 104 Å². The summed E-state index contributed by atoms with van der Waals surface area (Å²) in [5, 5.41) is 4.61. The van der Waals surface area contributed by atoms with E-state index in [2.05, 4.69) is 10.3 Å². The van der Waals surface area contributed by atoms with Crippen LogP contribution in [0.5, 0.6) is 11.5 Å². The standard InChI is InChI=1S/C17H18N2O6S/c1-3-24-16(22)7-12-10-26-17(18-12)19-15(21)9-25-14-6-11(8-20)4-5-13(14)23-2/h4-6,8,10H,3,7,9H2,1-2H3,(H,18,19,21). The Morgan fingerprint density at radius 2 is 2.12 bits per heavy atom. The Morgan fingerprint density at radius 3 is 2.81 bits per heavy atom. The predicted molar refractivity (Wildman–Crippen MR) is 95.0 cm³/mol. The minimum Gasteiger partial charge on any atom is -0.493 e. The van der Waals surface area contributed by atoms with Crippen LogP contribution >= 0.6 is 11.3 Å². The fraction of sp³-hybridized carbons (Fsp3) is 0.294. The van der Waals surface area contributed by atoms with Crippen LogP contribution in [0.15, 0.2) is 23.6 Å². The van der Waals surface area contributed by atoms with E-state index >= 15 is 0 Å². The maximum absolute atomic E-state index is 12.0. The van der Waals surface area contributed by atoms with Crippen molar-refractivity contribution in [2.24, 2.45) is 0 Å². The highest BCUT2D eigenvalue weighted by atomic mass is 32.1. The number of amides is 1.